The first kappa shape index (κ1) is 10.4. The quantitative estimate of drug-likeness (QED) is 0.562. The SMILES string of the molecule is C=NC(=NC)Nc1ccccc1CC. The molecule has 0 unspecified atom stereocenters. The normalized spacial score (nSPS) is 11.1. The van der Waals surface area contributed by atoms with Crippen molar-refractivity contribution < 1.29 is 0 Å². The second kappa shape index (κ2) is 5.17. The van der Waals surface area contributed by atoms with E-state index in [0.29, 0.717) is 5.96 Å². The van der Waals surface area contributed by atoms with Crippen LogP contribution in [0.25, 0.3) is 0 Å². The number of benzene rings is 1. The van der Waals surface area contributed by atoms with Gasteiger partial charge < -0.3 is 5.32 Å². The van der Waals surface area contributed by atoms with Crippen molar-refractivity contribution in [3.63, 3.8) is 0 Å². The largest absolute Gasteiger partial charge is 0.324 e. The predicted octanol–water partition coefficient (Wildman–Crippen LogP) is 2.35. The number of anilines is 1. The summed E-state index contributed by atoms with van der Waals surface area (Å²) in [4.78, 5) is 7.72. The Balaban J connectivity index is 2.90. The summed E-state index contributed by atoms with van der Waals surface area (Å²) in [5.41, 5.74) is 2.29. The van der Waals surface area contributed by atoms with E-state index in [2.05, 4.69) is 35.0 Å². The lowest BCUT2D eigenvalue weighted by Gasteiger charge is -2.08. The molecule has 0 saturated heterocycles. The van der Waals surface area contributed by atoms with E-state index in [1.54, 1.807) is 7.05 Å². The van der Waals surface area contributed by atoms with Gasteiger partial charge in [0.15, 0.2) is 0 Å². The predicted molar refractivity (Wildman–Crippen MR) is 62.4 cm³/mol. The molecular formula is C11H15N3. The molecule has 0 aliphatic rings. The number of rotatable bonds is 2. The molecule has 0 aliphatic heterocycles. The number of aliphatic imine (C=N–C) groups is 2. The van der Waals surface area contributed by atoms with Gasteiger partial charge in [-0.3, -0.25) is 4.99 Å². The van der Waals surface area contributed by atoms with Gasteiger partial charge in [0.1, 0.15) is 0 Å². The van der Waals surface area contributed by atoms with Crippen LogP contribution in [-0.2, 0) is 6.42 Å². The Morgan fingerprint density at radius 1 is 1.43 bits per heavy atom. The van der Waals surface area contributed by atoms with Gasteiger partial charge in [-0.05, 0) is 24.8 Å². The number of hydrogen-bond acceptors (Lipinski definition) is 1. The minimum Gasteiger partial charge on any atom is -0.324 e. The van der Waals surface area contributed by atoms with Gasteiger partial charge in [-0.25, -0.2) is 4.99 Å². The first-order valence-electron chi connectivity index (χ1n) is 4.60. The van der Waals surface area contributed by atoms with E-state index in [0.717, 1.165) is 12.1 Å². The number of hydrogen-bond donors (Lipinski definition) is 1. The highest BCUT2D eigenvalue weighted by molar-refractivity contribution is 5.96. The minimum atomic E-state index is 0.547. The molecule has 0 saturated carbocycles. The third-order valence-electron chi connectivity index (χ3n) is 2.01. The smallest absolute Gasteiger partial charge is 0.221 e. The molecule has 0 fully saturated rings. The summed E-state index contributed by atoms with van der Waals surface area (Å²) in [7, 11) is 1.69. The van der Waals surface area contributed by atoms with Crippen LogP contribution in [-0.4, -0.2) is 19.7 Å². The molecule has 3 heteroatoms. The molecule has 0 atom stereocenters. The maximum Gasteiger partial charge on any atom is 0.221 e. The highest BCUT2D eigenvalue weighted by atomic mass is 15.1. The molecule has 0 aromatic heterocycles. The summed E-state index contributed by atoms with van der Waals surface area (Å²) in [6, 6.07) is 8.10. The van der Waals surface area contributed by atoms with Crippen molar-refractivity contribution in [3.05, 3.63) is 29.8 Å². The molecule has 1 rings (SSSR count). The highest BCUT2D eigenvalue weighted by Crippen LogP contribution is 2.15. The topological polar surface area (TPSA) is 36.8 Å². The molecule has 0 aliphatic carbocycles. The maximum absolute atomic E-state index is 3.95. The molecule has 14 heavy (non-hydrogen) atoms. The van der Waals surface area contributed by atoms with Crippen LogP contribution in [0, 0.1) is 0 Å². The molecular weight excluding hydrogens is 174 g/mol. The molecule has 0 bridgehead atoms. The van der Waals surface area contributed by atoms with Gasteiger partial charge in [-0.1, -0.05) is 25.1 Å². The third kappa shape index (κ3) is 2.42. The van der Waals surface area contributed by atoms with Crippen LogP contribution in [0.5, 0.6) is 0 Å². The first-order valence-corrected chi connectivity index (χ1v) is 4.60. The van der Waals surface area contributed by atoms with Crippen molar-refractivity contribution >= 4 is 18.4 Å². The van der Waals surface area contributed by atoms with E-state index in [4.69, 9.17) is 0 Å². The monoisotopic (exact) mass is 189 g/mol. The lowest BCUT2D eigenvalue weighted by molar-refractivity contribution is 1.14. The Kier molecular flexibility index (Phi) is 3.85. The van der Waals surface area contributed by atoms with E-state index in [-0.39, 0.29) is 0 Å². The van der Waals surface area contributed by atoms with E-state index in [1.807, 2.05) is 18.2 Å². The first-order chi connectivity index (χ1) is 6.81. The average molecular weight is 189 g/mol. The second-order valence-electron chi connectivity index (χ2n) is 2.84. The molecule has 0 heterocycles. The molecule has 0 amide bonds. The van der Waals surface area contributed by atoms with Gasteiger partial charge in [0.05, 0.1) is 0 Å². The summed E-state index contributed by atoms with van der Waals surface area (Å²) in [6.45, 7) is 5.56. The zero-order valence-electron chi connectivity index (χ0n) is 8.62. The van der Waals surface area contributed by atoms with Crippen molar-refractivity contribution in [1.29, 1.82) is 0 Å². The van der Waals surface area contributed by atoms with Crippen LogP contribution in [0.15, 0.2) is 34.3 Å². The number of nitrogens with one attached hydrogen (secondary N) is 1. The van der Waals surface area contributed by atoms with Gasteiger partial charge in [0.25, 0.3) is 0 Å². The van der Waals surface area contributed by atoms with Gasteiger partial charge in [0, 0.05) is 12.7 Å². The lowest BCUT2D eigenvalue weighted by Crippen LogP contribution is -2.09. The van der Waals surface area contributed by atoms with Crippen LogP contribution < -0.4 is 5.32 Å². The van der Waals surface area contributed by atoms with Crippen molar-refractivity contribution in [2.24, 2.45) is 9.98 Å². The van der Waals surface area contributed by atoms with Crippen LogP contribution >= 0.6 is 0 Å². The average Bonchev–Trinajstić information content (AvgIpc) is 2.26. The Bertz CT molecular complexity index is 342. The van der Waals surface area contributed by atoms with Crippen molar-refractivity contribution in [3.8, 4) is 0 Å². The fraction of sp³-hybridized carbons (Fsp3) is 0.273. The van der Waals surface area contributed by atoms with Gasteiger partial charge in [-0.2, -0.15) is 0 Å². The van der Waals surface area contributed by atoms with Crippen LogP contribution in [0.2, 0.25) is 0 Å². The second-order valence-corrected chi connectivity index (χ2v) is 2.84. The number of aryl methyl sites for hydroxylation is 1. The fourth-order valence-corrected chi connectivity index (χ4v) is 1.24. The maximum atomic E-state index is 3.95. The summed E-state index contributed by atoms with van der Waals surface area (Å²) in [5.74, 6) is 0.547. The molecule has 74 valence electrons. The Labute approximate surface area is 84.6 Å². The van der Waals surface area contributed by atoms with Crippen LogP contribution in [0.1, 0.15) is 12.5 Å². The fourth-order valence-electron chi connectivity index (χ4n) is 1.24. The molecule has 0 spiro atoms. The van der Waals surface area contributed by atoms with Crippen LogP contribution in [0.4, 0.5) is 5.69 Å². The molecule has 1 N–H and O–H groups in total. The Morgan fingerprint density at radius 3 is 2.71 bits per heavy atom. The molecule has 1 aromatic rings. The Morgan fingerprint density at radius 2 is 2.14 bits per heavy atom. The third-order valence-corrected chi connectivity index (χ3v) is 2.01. The Hall–Kier alpha value is -1.64. The van der Waals surface area contributed by atoms with Gasteiger partial charge in [-0.15, -0.1) is 0 Å². The number of guanidine groups is 1. The van der Waals surface area contributed by atoms with Crippen molar-refractivity contribution in [2.45, 2.75) is 13.3 Å². The summed E-state index contributed by atoms with van der Waals surface area (Å²) in [6.07, 6.45) is 0.983. The number of para-hydroxylation sites is 1. The zero-order valence-corrected chi connectivity index (χ0v) is 8.62. The molecule has 0 radical (unpaired) electrons. The van der Waals surface area contributed by atoms with Crippen LogP contribution in [0.3, 0.4) is 0 Å². The standard InChI is InChI=1S/C11H15N3/c1-4-9-7-5-6-8-10(9)14-11(12-2)13-3/h5-8H,2,4H2,1,3H3,(H,13,14). The molecule has 3 nitrogen and oxygen atoms in total. The van der Waals surface area contributed by atoms with E-state index < -0.39 is 0 Å². The summed E-state index contributed by atoms with van der Waals surface area (Å²) >= 11 is 0. The van der Waals surface area contributed by atoms with Gasteiger partial charge >= 0.3 is 0 Å². The summed E-state index contributed by atoms with van der Waals surface area (Å²) < 4.78 is 0. The van der Waals surface area contributed by atoms with E-state index >= 15 is 0 Å². The van der Waals surface area contributed by atoms with Gasteiger partial charge in [0.2, 0.25) is 5.96 Å². The summed E-state index contributed by atoms with van der Waals surface area (Å²) in [5, 5.41) is 3.12. The molecule has 1 aromatic carbocycles. The number of nitrogens with zero attached hydrogens (tertiary/aromatic N) is 2. The van der Waals surface area contributed by atoms with E-state index in [9.17, 15) is 0 Å². The zero-order chi connectivity index (χ0) is 10.4. The minimum absolute atomic E-state index is 0.547. The van der Waals surface area contributed by atoms with Crippen molar-refractivity contribution in [1.82, 2.24) is 0 Å². The van der Waals surface area contributed by atoms with Crippen molar-refractivity contribution in [2.75, 3.05) is 12.4 Å². The van der Waals surface area contributed by atoms with E-state index in [1.165, 1.54) is 5.56 Å². The lowest BCUT2D eigenvalue weighted by atomic mass is 10.1. The highest BCUT2D eigenvalue weighted by Gasteiger charge is 2.00.